The lowest BCUT2D eigenvalue weighted by Crippen LogP contribution is -2.16. The molecule has 0 aliphatic rings. The second-order valence-corrected chi connectivity index (χ2v) is 22.4. The van der Waals surface area contributed by atoms with Gasteiger partial charge in [0.05, 0.1) is 15.4 Å². The highest BCUT2D eigenvalue weighted by molar-refractivity contribution is 9.10. The number of aryl methyl sites for hydroxylation is 5. The third-order valence-corrected chi connectivity index (χ3v) is 15.4. The molecule has 0 aromatic heterocycles. The molecule has 6 rings (SSSR count). The lowest BCUT2D eigenvalue weighted by Gasteiger charge is -2.17. The van der Waals surface area contributed by atoms with Gasteiger partial charge < -0.3 is 21.5 Å². The Kier molecular flexibility index (Phi) is 23.5. The van der Waals surface area contributed by atoms with Crippen LogP contribution in [0.25, 0.3) is 11.1 Å². The third kappa shape index (κ3) is 18.8. The predicted molar refractivity (Wildman–Crippen MR) is 297 cm³/mol. The van der Waals surface area contributed by atoms with Gasteiger partial charge in [-0.25, -0.2) is 27.1 Å². The van der Waals surface area contributed by atoms with Crippen LogP contribution in [0.2, 0.25) is 0 Å². The van der Waals surface area contributed by atoms with E-state index in [0.29, 0.717) is 58.5 Å². The van der Waals surface area contributed by atoms with Crippen molar-refractivity contribution in [1.29, 1.82) is 0 Å². The van der Waals surface area contributed by atoms with Gasteiger partial charge >= 0.3 is 6.18 Å². The van der Waals surface area contributed by atoms with Crippen LogP contribution in [0.5, 0.6) is 0 Å². The number of aliphatic hydroxyl groups excluding tert-OH is 1. The molecule has 74 heavy (non-hydrogen) atoms. The Labute approximate surface area is 450 Å². The minimum atomic E-state index is -4.53. The number of carbonyl (C=O) groups is 2. The Morgan fingerprint density at radius 1 is 0.568 bits per heavy atom. The summed E-state index contributed by atoms with van der Waals surface area (Å²) in [5.74, 6) is -0.810. The van der Waals surface area contributed by atoms with Gasteiger partial charge in [-0.15, -0.1) is 0 Å². The topological polar surface area (TPSA) is 225 Å². The number of alkyl halides is 3. The molecule has 0 atom stereocenters. The first-order valence-corrected chi connectivity index (χ1v) is 28.7. The van der Waals surface area contributed by atoms with Crippen LogP contribution in [0.15, 0.2) is 134 Å². The monoisotopic (exact) mass is 1190 g/mol. The Hall–Kier alpha value is -5.41. The van der Waals surface area contributed by atoms with Crippen LogP contribution >= 0.6 is 31.9 Å². The van der Waals surface area contributed by atoms with Crippen LogP contribution in [0.3, 0.4) is 0 Å². The zero-order chi connectivity index (χ0) is 54.8. The minimum Gasteiger partial charge on any atom is -0.399 e. The maximum absolute atomic E-state index is 13.6. The van der Waals surface area contributed by atoms with E-state index in [-0.39, 0.29) is 33.4 Å². The lowest BCUT2D eigenvalue weighted by molar-refractivity contribution is -0.137. The van der Waals surface area contributed by atoms with Crippen molar-refractivity contribution in [2.24, 2.45) is 10.3 Å². The second kappa shape index (κ2) is 28.5. The molecule has 0 saturated heterocycles. The molecule has 0 fully saturated rings. The number of carbonyl (C=O) groups excluding carboxylic acids is 2. The zero-order valence-corrected chi connectivity index (χ0v) is 46.6. The highest BCUT2D eigenvalue weighted by Crippen LogP contribution is 2.39. The van der Waals surface area contributed by atoms with Crippen LogP contribution in [0.1, 0.15) is 119 Å². The SMILES string of the molecule is CCCCCc1cc(N)ccc1Br.CCCCCc1cc(NC(=O)c2ccc(S(N)(=O)=O)c(C)c2)ccc1Br.Cc1cc(C(=O)Nc2ccc(-c3ccccc3C(F)(F)F)c(CCCCO)c2)ccc1S(N)(=O)=O. The summed E-state index contributed by atoms with van der Waals surface area (Å²) in [6.07, 6.45) is 6.18. The van der Waals surface area contributed by atoms with Gasteiger partial charge in [-0.1, -0.05) is 95.7 Å². The van der Waals surface area contributed by atoms with Gasteiger partial charge in [0.25, 0.3) is 11.8 Å². The van der Waals surface area contributed by atoms with E-state index in [0.717, 1.165) is 47.5 Å². The number of halogens is 5. The van der Waals surface area contributed by atoms with E-state index >= 15 is 0 Å². The number of nitrogens with one attached hydrogen (secondary N) is 2. The molecule has 0 aliphatic carbocycles. The van der Waals surface area contributed by atoms with Gasteiger partial charge in [0.2, 0.25) is 20.0 Å². The summed E-state index contributed by atoms with van der Waals surface area (Å²) in [5, 5.41) is 25.0. The zero-order valence-electron chi connectivity index (χ0n) is 41.8. The van der Waals surface area contributed by atoms with Crippen LogP contribution in [0, 0.1) is 13.8 Å². The summed E-state index contributed by atoms with van der Waals surface area (Å²) in [5.41, 5.74) is 11.7. The highest BCUT2D eigenvalue weighted by Gasteiger charge is 2.34. The number of nitrogen functional groups attached to an aromatic ring is 1. The van der Waals surface area contributed by atoms with E-state index in [4.69, 9.17) is 21.1 Å². The fourth-order valence-corrected chi connectivity index (χ4v) is 10.3. The van der Waals surface area contributed by atoms with Crippen LogP contribution in [-0.4, -0.2) is 40.4 Å². The number of rotatable bonds is 19. The number of anilines is 3. The van der Waals surface area contributed by atoms with Gasteiger partial charge in [-0.05, 0) is 189 Å². The second-order valence-electron chi connectivity index (χ2n) is 17.6. The fourth-order valence-electron chi connectivity index (χ4n) is 7.92. The molecule has 398 valence electrons. The highest BCUT2D eigenvalue weighted by atomic mass is 79.9. The number of hydrogen-bond acceptors (Lipinski definition) is 8. The molecule has 0 bridgehead atoms. The van der Waals surface area contributed by atoms with Crippen molar-refractivity contribution in [3.63, 3.8) is 0 Å². The number of aliphatic hydroxyl groups is 1. The summed E-state index contributed by atoms with van der Waals surface area (Å²) in [4.78, 5) is 25.2. The van der Waals surface area contributed by atoms with Gasteiger partial charge in [0.15, 0.2) is 0 Å². The average Bonchev–Trinajstić information content (AvgIpc) is 3.33. The van der Waals surface area contributed by atoms with Gasteiger partial charge in [-0.2, -0.15) is 13.2 Å². The molecule has 12 nitrogen and oxygen atoms in total. The van der Waals surface area contributed by atoms with Crippen molar-refractivity contribution in [3.05, 3.63) is 169 Å². The molecule has 0 radical (unpaired) electrons. The molecule has 19 heteroatoms. The average molecular weight is 1190 g/mol. The third-order valence-electron chi connectivity index (χ3n) is 11.7. The van der Waals surface area contributed by atoms with Crippen molar-refractivity contribution in [3.8, 4) is 11.1 Å². The first-order chi connectivity index (χ1) is 34.9. The number of benzene rings is 6. The normalized spacial score (nSPS) is 11.5. The van der Waals surface area contributed by atoms with Crippen molar-refractivity contribution in [2.45, 2.75) is 114 Å². The number of unbranched alkanes of at least 4 members (excludes halogenated alkanes) is 5. The number of amides is 2. The first-order valence-electron chi connectivity index (χ1n) is 24.0. The van der Waals surface area contributed by atoms with Crippen molar-refractivity contribution >= 4 is 80.8 Å². The van der Waals surface area contributed by atoms with Crippen LogP contribution < -0.4 is 26.6 Å². The van der Waals surface area contributed by atoms with Crippen LogP contribution in [-0.2, 0) is 45.5 Å². The molecule has 0 aliphatic heterocycles. The van der Waals surface area contributed by atoms with E-state index in [1.54, 1.807) is 13.0 Å². The predicted octanol–water partition coefficient (Wildman–Crippen LogP) is 13.0. The number of primary sulfonamides is 2. The Morgan fingerprint density at radius 2 is 1.01 bits per heavy atom. The molecule has 9 N–H and O–H groups in total. The maximum atomic E-state index is 13.6. The molecule has 2 amide bonds. The van der Waals surface area contributed by atoms with E-state index in [2.05, 4.69) is 62.4 Å². The van der Waals surface area contributed by atoms with Gasteiger partial charge in [-0.3, -0.25) is 9.59 Å². The molecule has 6 aromatic carbocycles. The molecular formula is C55H64Br2F3N5O7S2. The smallest absolute Gasteiger partial charge is 0.399 e. The number of sulfonamides is 2. The summed E-state index contributed by atoms with van der Waals surface area (Å²) in [7, 11) is -7.72. The molecule has 0 saturated carbocycles. The fraction of sp³-hybridized carbons (Fsp3) is 0.309. The Balaban J connectivity index is 0.000000266. The van der Waals surface area contributed by atoms with E-state index in [1.807, 2.05) is 30.3 Å². The quantitative estimate of drug-likeness (QED) is 0.0337. The van der Waals surface area contributed by atoms with Gasteiger partial charge in [0, 0.05) is 43.7 Å². The summed E-state index contributed by atoms with van der Waals surface area (Å²) in [6.45, 7) is 7.46. The van der Waals surface area contributed by atoms with Crippen molar-refractivity contribution in [1.82, 2.24) is 0 Å². The Bertz CT molecular complexity index is 3120. The van der Waals surface area contributed by atoms with Crippen LogP contribution in [0.4, 0.5) is 30.2 Å². The summed E-state index contributed by atoms with van der Waals surface area (Å²) >= 11 is 7.08. The standard InChI is InChI=1S/C25H25F3N2O4S.C19H23BrN2O3S.C11H16BrN/c1-16-14-18(9-12-23(16)35(29,33)34)24(32)30-19-10-11-20(17(15-19)6-4-5-13-31)21-7-2-3-8-22(21)25(26,27)28;1-3-4-5-6-14-12-16(8-9-17(14)20)22-19(23)15-7-10-18(13(2)11-15)26(21,24)25;1-2-3-4-5-9-8-10(13)6-7-11(9)12/h2-3,7-12,14-15,31H,4-6,13H2,1H3,(H,30,32)(H2,29,33,34);7-12H,3-6H2,1-2H3,(H,22,23)(H2,21,24,25);6-8H,2-5,13H2,1H3. The van der Waals surface area contributed by atoms with Crippen molar-refractivity contribution < 1.29 is 44.7 Å². The molecule has 0 heterocycles. The number of hydrogen-bond donors (Lipinski definition) is 6. The van der Waals surface area contributed by atoms with E-state index in [9.17, 15) is 39.6 Å². The summed E-state index contributed by atoms with van der Waals surface area (Å²) in [6, 6.07) is 30.0. The molecule has 0 unspecified atom stereocenters. The minimum absolute atomic E-state index is 0.0240. The van der Waals surface area contributed by atoms with E-state index in [1.165, 1.54) is 109 Å². The van der Waals surface area contributed by atoms with E-state index < -0.39 is 37.7 Å². The maximum Gasteiger partial charge on any atom is 0.417 e. The molecule has 6 aromatic rings. The lowest BCUT2D eigenvalue weighted by atomic mass is 9.92. The molecular weight excluding hydrogens is 1120 g/mol. The number of nitrogens with two attached hydrogens (primary N) is 3. The largest absolute Gasteiger partial charge is 0.417 e. The molecule has 0 spiro atoms. The Morgan fingerprint density at radius 3 is 1.49 bits per heavy atom. The van der Waals surface area contributed by atoms with Gasteiger partial charge in [0.1, 0.15) is 0 Å². The first kappa shape index (κ1) is 61.1. The summed E-state index contributed by atoms with van der Waals surface area (Å²) < 4.78 is 89.2. The van der Waals surface area contributed by atoms with Crippen molar-refractivity contribution in [2.75, 3.05) is 23.0 Å².